The monoisotopic (exact) mass is 486 g/mol. The Balaban J connectivity index is 1.87. The summed E-state index contributed by atoms with van der Waals surface area (Å²) in [6.07, 6.45) is -2.71. The lowest BCUT2D eigenvalue weighted by Gasteiger charge is -2.12. The summed E-state index contributed by atoms with van der Waals surface area (Å²) in [5.74, 6) is -0.793. The van der Waals surface area contributed by atoms with Crippen molar-refractivity contribution in [2.45, 2.75) is 30.3 Å². The standard InChI is InChI=1S/C19H17Cl3F4N2O2/c20-12-5-13(23)10(3-15(12)30-8-18(29)27-7-9-1-2-9)11-4-16(19(24,25)26)28-14(11)6-17(21)22/h3-5,9,17,28H,1-2,6-8H2,(H,27,29). The molecular formula is C19H17Cl3F4N2O2. The average Bonchev–Trinajstić information content (AvgIpc) is 3.37. The number of halogens is 7. The largest absolute Gasteiger partial charge is 0.482 e. The fourth-order valence-electron chi connectivity index (χ4n) is 2.83. The Kier molecular flexibility index (Phi) is 7.09. The number of benzene rings is 1. The minimum Gasteiger partial charge on any atom is -0.482 e. The molecule has 1 aromatic carbocycles. The van der Waals surface area contributed by atoms with Crippen LogP contribution in [0.5, 0.6) is 5.75 Å². The Bertz CT molecular complexity index is 927. The van der Waals surface area contributed by atoms with Gasteiger partial charge in [-0.1, -0.05) is 11.6 Å². The Labute approximate surface area is 184 Å². The number of hydrogen-bond donors (Lipinski definition) is 2. The van der Waals surface area contributed by atoms with Crippen LogP contribution in [0.3, 0.4) is 0 Å². The molecule has 3 rings (SSSR count). The molecule has 1 saturated carbocycles. The maximum Gasteiger partial charge on any atom is 0.431 e. The minimum atomic E-state index is -4.68. The van der Waals surface area contributed by atoms with Crippen molar-refractivity contribution in [1.29, 1.82) is 0 Å². The van der Waals surface area contributed by atoms with Gasteiger partial charge in [-0.25, -0.2) is 4.39 Å². The van der Waals surface area contributed by atoms with E-state index >= 15 is 0 Å². The predicted molar refractivity (Wildman–Crippen MR) is 107 cm³/mol. The van der Waals surface area contributed by atoms with Crippen molar-refractivity contribution in [2.75, 3.05) is 13.2 Å². The van der Waals surface area contributed by atoms with E-state index in [2.05, 4.69) is 10.3 Å². The van der Waals surface area contributed by atoms with Gasteiger partial charge in [0, 0.05) is 29.8 Å². The second kappa shape index (κ2) is 9.24. The van der Waals surface area contributed by atoms with Crippen molar-refractivity contribution in [3.8, 4) is 16.9 Å². The first kappa shape index (κ1) is 23.0. The van der Waals surface area contributed by atoms with E-state index in [0.717, 1.165) is 31.0 Å². The molecule has 4 nitrogen and oxygen atoms in total. The SMILES string of the molecule is O=C(COc1cc(-c2cc(C(F)(F)F)[nH]c2CC(Cl)Cl)c(F)cc1Cl)NCC1CC1. The second-order valence-corrected chi connectivity index (χ2v) is 8.65. The fraction of sp³-hybridized carbons (Fsp3) is 0.421. The zero-order chi connectivity index (χ0) is 22.1. The van der Waals surface area contributed by atoms with E-state index in [0.29, 0.717) is 12.5 Å². The summed E-state index contributed by atoms with van der Waals surface area (Å²) >= 11 is 17.4. The van der Waals surface area contributed by atoms with E-state index in [4.69, 9.17) is 39.5 Å². The molecule has 30 heavy (non-hydrogen) atoms. The molecular weight excluding hydrogens is 471 g/mol. The lowest BCUT2D eigenvalue weighted by molar-refractivity contribution is -0.140. The Hall–Kier alpha value is -1.64. The second-order valence-electron chi connectivity index (χ2n) is 6.97. The average molecular weight is 488 g/mol. The predicted octanol–water partition coefficient (Wildman–Crippen LogP) is 5.74. The number of rotatable bonds is 8. The molecule has 0 atom stereocenters. The maximum atomic E-state index is 14.6. The molecule has 1 heterocycles. The molecule has 1 aliphatic rings. The third-order valence-electron chi connectivity index (χ3n) is 4.52. The maximum absolute atomic E-state index is 14.6. The molecule has 164 valence electrons. The first-order chi connectivity index (χ1) is 14.0. The molecule has 2 N–H and O–H groups in total. The summed E-state index contributed by atoms with van der Waals surface area (Å²) in [6.45, 7) is 0.187. The van der Waals surface area contributed by atoms with Crippen molar-refractivity contribution in [3.05, 3.63) is 40.4 Å². The number of carbonyl (C=O) groups excluding carboxylic acids is 1. The number of nitrogens with one attached hydrogen (secondary N) is 2. The van der Waals surface area contributed by atoms with Crippen LogP contribution in [0.2, 0.25) is 5.02 Å². The van der Waals surface area contributed by atoms with Gasteiger partial charge in [-0.15, -0.1) is 23.2 Å². The van der Waals surface area contributed by atoms with Crippen LogP contribution < -0.4 is 10.1 Å². The van der Waals surface area contributed by atoms with Gasteiger partial charge >= 0.3 is 6.18 Å². The van der Waals surface area contributed by atoms with E-state index in [9.17, 15) is 22.4 Å². The van der Waals surface area contributed by atoms with Crippen LogP contribution in [-0.2, 0) is 17.4 Å². The molecule has 0 bridgehead atoms. The topological polar surface area (TPSA) is 54.1 Å². The highest BCUT2D eigenvalue weighted by Crippen LogP contribution is 2.39. The van der Waals surface area contributed by atoms with Crippen LogP contribution >= 0.6 is 34.8 Å². The molecule has 0 unspecified atom stereocenters. The van der Waals surface area contributed by atoms with Gasteiger partial charge in [-0.05, 0) is 37.0 Å². The van der Waals surface area contributed by atoms with E-state index in [1.807, 2.05) is 0 Å². The number of hydrogen-bond acceptors (Lipinski definition) is 2. The van der Waals surface area contributed by atoms with Crippen LogP contribution in [0.1, 0.15) is 24.2 Å². The number of amides is 1. The molecule has 2 aromatic rings. The molecule has 1 aromatic heterocycles. The molecule has 0 spiro atoms. The molecule has 0 aliphatic heterocycles. The summed E-state index contributed by atoms with van der Waals surface area (Å²) in [5, 5.41) is 2.58. The summed E-state index contributed by atoms with van der Waals surface area (Å²) in [5.41, 5.74) is -1.33. The van der Waals surface area contributed by atoms with E-state index < -0.39 is 22.5 Å². The van der Waals surface area contributed by atoms with Crippen molar-refractivity contribution in [3.63, 3.8) is 0 Å². The fourth-order valence-corrected chi connectivity index (χ4v) is 3.34. The van der Waals surface area contributed by atoms with Gasteiger partial charge < -0.3 is 15.0 Å². The number of ether oxygens (including phenoxy) is 1. The quantitative estimate of drug-likeness (QED) is 0.368. The number of carbonyl (C=O) groups is 1. The number of aromatic nitrogens is 1. The summed E-state index contributed by atoms with van der Waals surface area (Å²) in [4.78, 5) is 13.0. The van der Waals surface area contributed by atoms with Crippen LogP contribution in [-0.4, -0.2) is 28.9 Å². The summed E-state index contributed by atoms with van der Waals surface area (Å²) < 4.78 is 59.4. The van der Waals surface area contributed by atoms with Crippen molar-refractivity contribution < 1.29 is 27.1 Å². The zero-order valence-corrected chi connectivity index (χ0v) is 17.7. The smallest absolute Gasteiger partial charge is 0.431 e. The number of aromatic amines is 1. The first-order valence-corrected chi connectivity index (χ1v) is 10.3. The summed E-state index contributed by atoms with van der Waals surface area (Å²) in [6, 6.07) is 2.83. The van der Waals surface area contributed by atoms with Crippen LogP contribution in [0.15, 0.2) is 18.2 Å². The minimum absolute atomic E-state index is 0.00618. The molecule has 1 aliphatic carbocycles. The van der Waals surface area contributed by atoms with E-state index in [1.54, 1.807) is 0 Å². The zero-order valence-electron chi connectivity index (χ0n) is 15.4. The van der Waals surface area contributed by atoms with Gasteiger partial charge in [0.25, 0.3) is 5.91 Å². The Morgan fingerprint density at radius 1 is 1.23 bits per heavy atom. The molecule has 1 fully saturated rings. The van der Waals surface area contributed by atoms with Gasteiger partial charge in [-0.2, -0.15) is 13.2 Å². The normalized spacial score (nSPS) is 14.3. The first-order valence-electron chi connectivity index (χ1n) is 9.00. The van der Waals surface area contributed by atoms with Crippen LogP contribution in [0, 0.1) is 11.7 Å². The van der Waals surface area contributed by atoms with E-state index in [1.165, 1.54) is 0 Å². The molecule has 0 radical (unpaired) electrons. The Morgan fingerprint density at radius 2 is 1.93 bits per heavy atom. The highest BCUT2D eigenvalue weighted by Gasteiger charge is 2.34. The van der Waals surface area contributed by atoms with Gasteiger partial charge in [0.2, 0.25) is 0 Å². The highest BCUT2D eigenvalue weighted by atomic mass is 35.5. The van der Waals surface area contributed by atoms with Gasteiger partial charge in [0.05, 0.1) is 5.02 Å². The molecule has 1 amide bonds. The van der Waals surface area contributed by atoms with Crippen LogP contribution in [0.4, 0.5) is 17.6 Å². The molecule has 0 saturated heterocycles. The van der Waals surface area contributed by atoms with Crippen molar-refractivity contribution >= 4 is 40.7 Å². The number of alkyl halides is 5. The molecule has 11 heteroatoms. The van der Waals surface area contributed by atoms with Gasteiger partial charge in [-0.3, -0.25) is 4.79 Å². The highest BCUT2D eigenvalue weighted by molar-refractivity contribution is 6.44. The van der Waals surface area contributed by atoms with E-state index in [-0.39, 0.29) is 46.5 Å². The van der Waals surface area contributed by atoms with Crippen molar-refractivity contribution in [2.24, 2.45) is 5.92 Å². The summed E-state index contributed by atoms with van der Waals surface area (Å²) in [7, 11) is 0. The van der Waals surface area contributed by atoms with Gasteiger partial charge in [0.1, 0.15) is 22.1 Å². The van der Waals surface area contributed by atoms with Crippen molar-refractivity contribution in [1.82, 2.24) is 10.3 Å². The van der Waals surface area contributed by atoms with Crippen LogP contribution in [0.25, 0.3) is 11.1 Å². The van der Waals surface area contributed by atoms with Gasteiger partial charge in [0.15, 0.2) is 6.61 Å². The lowest BCUT2D eigenvalue weighted by Crippen LogP contribution is -2.30. The third kappa shape index (κ3) is 5.95. The lowest BCUT2D eigenvalue weighted by atomic mass is 10.0. The Morgan fingerprint density at radius 3 is 2.53 bits per heavy atom. The third-order valence-corrected chi connectivity index (χ3v) is 5.12. The number of H-pyrrole nitrogens is 1.